The number of hydrogen-bond acceptors (Lipinski definition) is 3. The topological polar surface area (TPSA) is 43.8 Å². The molecule has 0 aromatic heterocycles. The van der Waals surface area contributed by atoms with Crippen LogP contribution in [0.25, 0.3) is 0 Å². The standard InChI is InChI=1S/C15H28N2O2/c1-16-9-5-6-13-12-17(11-8-14(13)16)10-4-2-3-7-15(18)19/h13-14H,2-12H2,1H3,(H,18,19). The third-order valence-electron chi connectivity index (χ3n) is 4.79. The van der Waals surface area contributed by atoms with E-state index in [0.717, 1.165) is 37.8 Å². The number of carbonyl (C=O) groups is 1. The molecule has 110 valence electrons. The summed E-state index contributed by atoms with van der Waals surface area (Å²) >= 11 is 0. The van der Waals surface area contributed by atoms with Gasteiger partial charge < -0.3 is 14.9 Å². The van der Waals surface area contributed by atoms with E-state index in [2.05, 4.69) is 16.8 Å². The molecule has 2 aliphatic rings. The molecule has 2 rings (SSSR count). The maximum atomic E-state index is 10.4. The van der Waals surface area contributed by atoms with Crippen LogP contribution < -0.4 is 0 Å². The molecule has 0 radical (unpaired) electrons. The highest BCUT2D eigenvalue weighted by Gasteiger charge is 2.33. The first-order chi connectivity index (χ1) is 9.16. The Bertz CT molecular complexity index is 296. The van der Waals surface area contributed by atoms with Crippen molar-refractivity contribution in [1.29, 1.82) is 0 Å². The van der Waals surface area contributed by atoms with Crippen LogP contribution in [0.2, 0.25) is 0 Å². The summed E-state index contributed by atoms with van der Waals surface area (Å²) in [6.45, 7) is 4.92. The lowest BCUT2D eigenvalue weighted by molar-refractivity contribution is -0.137. The summed E-state index contributed by atoms with van der Waals surface area (Å²) in [5, 5.41) is 8.60. The van der Waals surface area contributed by atoms with Gasteiger partial charge in [-0.05, 0) is 64.7 Å². The lowest BCUT2D eigenvalue weighted by atomic mass is 9.84. The number of rotatable bonds is 6. The lowest BCUT2D eigenvalue weighted by Crippen LogP contribution is -2.52. The van der Waals surface area contributed by atoms with Gasteiger partial charge in [0, 0.05) is 19.0 Å². The molecule has 0 spiro atoms. The molecule has 2 fully saturated rings. The fourth-order valence-electron chi connectivity index (χ4n) is 3.72. The zero-order chi connectivity index (χ0) is 13.7. The largest absolute Gasteiger partial charge is 0.481 e. The quantitative estimate of drug-likeness (QED) is 0.749. The van der Waals surface area contributed by atoms with Crippen molar-refractivity contribution < 1.29 is 9.90 Å². The second-order valence-corrected chi connectivity index (χ2v) is 6.24. The van der Waals surface area contributed by atoms with E-state index >= 15 is 0 Å². The van der Waals surface area contributed by atoms with Gasteiger partial charge in [0.2, 0.25) is 0 Å². The molecule has 0 aliphatic carbocycles. The van der Waals surface area contributed by atoms with Gasteiger partial charge in [0.1, 0.15) is 0 Å². The van der Waals surface area contributed by atoms with Gasteiger partial charge in [-0.25, -0.2) is 0 Å². The molecule has 4 nitrogen and oxygen atoms in total. The number of aliphatic carboxylic acids is 1. The van der Waals surface area contributed by atoms with Crippen LogP contribution in [0, 0.1) is 5.92 Å². The summed E-state index contributed by atoms with van der Waals surface area (Å²) in [5.74, 6) is 0.206. The van der Waals surface area contributed by atoms with Gasteiger partial charge in [-0.3, -0.25) is 4.79 Å². The van der Waals surface area contributed by atoms with Crippen LogP contribution in [0.1, 0.15) is 44.9 Å². The second-order valence-electron chi connectivity index (χ2n) is 6.24. The van der Waals surface area contributed by atoms with Gasteiger partial charge in [-0.1, -0.05) is 6.42 Å². The van der Waals surface area contributed by atoms with Crippen molar-refractivity contribution >= 4 is 5.97 Å². The molecule has 1 N–H and O–H groups in total. The van der Waals surface area contributed by atoms with Crippen molar-refractivity contribution in [2.75, 3.05) is 33.2 Å². The predicted octanol–water partition coefficient (Wildman–Crippen LogP) is 2.05. The minimum absolute atomic E-state index is 0.329. The van der Waals surface area contributed by atoms with Gasteiger partial charge in [-0.2, -0.15) is 0 Å². The minimum atomic E-state index is -0.661. The maximum absolute atomic E-state index is 10.4. The molecule has 0 amide bonds. The number of carboxylic acid groups (broad SMARTS) is 1. The lowest BCUT2D eigenvalue weighted by Gasteiger charge is -2.46. The highest BCUT2D eigenvalue weighted by Crippen LogP contribution is 2.29. The third-order valence-corrected chi connectivity index (χ3v) is 4.79. The molecule has 2 aliphatic heterocycles. The summed E-state index contributed by atoms with van der Waals surface area (Å²) in [7, 11) is 2.28. The molecule has 2 heterocycles. The summed E-state index contributed by atoms with van der Waals surface area (Å²) in [6.07, 6.45) is 7.43. The van der Waals surface area contributed by atoms with Gasteiger partial charge in [-0.15, -0.1) is 0 Å². The van der Waals surface area contributed by atoms with E-state index < -0.39 is 5.97 Å². The SMILES string of the molecule is CN1CCCC2CN(CCCCCC(=O)O)CCC21. The van der Waals surface area contributed by atoms with Crippen molar-refractivity contribution in [1.82, 2.24) is 9.80 Å². The molecule has 0 bridgehead atoms. The molecule has 0 saturated carbocycles. The average molecular weight is 268 g/mol. The van der Waals surface area contributed by atoms with Crippen LogP contribution in [-0.2, 0) is 4.79 Å². The van der Waals surface area contributed by atoms with E-state index in [1.165, 1.54) is 38.9 Å². The zero-order valence-corrected chi connectivity index (χ0v) is 12.2. The number of unbranched alkanes of at least 4 members (excludes halogenated alkanes) is 2. The van der Waals surface area contributed by atoms with Gasteiger partial charge >= 0.3 is 5.97 Å². The molecule has 0 aromatic carbocycles. The van der Waals surface area contributed by atoms with E-state index in [-0.39, 0.29) is 0 Å². The van der Waals surface area contributed by atoms with Crippen LogP contribution in [-0.4, -0.2) is 60.1 Å². The molecule has 19 heavy (non-hydrogen) atoms. The Kier molecular flexibility index (Phi) is 5.64. The summed E-state index contributed by atoms with van der Waals surface area (Å²) in [6, 6.07) is 0.817. The Balaban J connectivity index is 1.63. The average Bonchev–Trinajstić information content (AvgIpc) is 2.38. The normalized spacial score (nSPS) is 29.1. The van der Waals surface area contributed by atoms with Gasteiger partial charge in [0.25, 0.3) is 0 Å². The van der Waals surface area contributed by atoms with Crippen molar-refractivity contribution in [2.45, 2.75) is 51.0 Å². The number of likely N-dealkylation sites (tertiary alicyclic amines) is 2. The number of nitrogens with zero attached hydrogens (tertiary/aromatic N) is 2. The van der Waals surface area contributed by atoms with Crippen molar-refractivity contribution in [2.24, 2.45) is 5.92 Å². The van der Waals surface area contributed by atoms with E-state index in [4.69, 9.17) is 5.11 Å². The Morgan fingerprint density at radius 3 is 2.84 bits per heavy atom. The third kappa shape index (κ3) is 4.46. The van der Waals surface area contributed by atoms with Crippen LogP contribution in [0.5, 0.6) is 0 Å². The van der Waals surface area contributed by atoms with Crippen molar-refractivity contribution in [3.8, 4) is 0 Å². The fraction of sp³-hybridized carbons (Fsp3) is 0.933. The highest BCUT2D eigenvalue weighted by molar-refractivity contribution is 5.66. The van der Waals surface area contributed by atoms with Crippen LogP contribution in [0.3, 0.4) is 0 Å². The molecule has 2 saturated heterocycles. The fourth-order valence-corrected chi connectivity index (χ4v) is 3.72. The number of hydrogen-bond donors (Lipinski definition) is 1. The first-order valence-corrected chi connectivity index (χ1v) is 7.81. The van der Waals surface area contributed by atoms with E-state index in [1.54, 1.807) is 0 Å². The monoisotopic (exact) mass is 268 g/mol. The highest BCUT2D eigenvalue weighted by atomic mass is 16.4. The molecule has 2 unspecified atom stereocenters. The second kappa shape index (κ2) is 7.25. The smallest absolute Gasteiger partial charge is 0.303 e. The Morgan fingerprint density at radius 2 is 2.05 bits per heavy atom. The summed E-state index contributed by atoms with van der Waals surface area (Å²) in [4.78, 5) is 15.6. The zero-order valence-electron chi connectivity index (χ0n) is 12.2. The Hall–Kier alpha value is -0.610. The first kappa shape index (κ1) is 14.8. The van der Waals surface area contributed by atoms with Crippen LogP contribution in [0.4, 0.5) is 0 Å². The summed E-state index contributed by atoms with van der Waals surface area (Å²) in [5.41, 5.74) is 0. The summed E-state index contributed by atoms with van der Waals surface area (Å²) < 4.78 is 0. The van der Waals surface area contributed by atoms with Gasteiger partial charge in [0.05, 0.1) is 0 Å². The number of carboxylic acids is 1. The molecule has 2 atom stereocenters. The van der Waals surface area contributed by atoms with Crippen molar-refractivity contribution in [3.05, 3.63) is 0 Å². The first-order valence-electron chi connectivity index (χ1n) is 7.81. The van der Waals surface area contributed by atoms with Crippen LogP contribution >= 0.6 is 0 Å². The van der Waals surface area contributed by atoms with Crippen LogP contribution in [0.15, 0.2) is 0 Å². The van der Waals surface area contributed by atoms with Gasteiger partial charge in [0.15, 0.2) is 0 Å². The number of fused-ring (bicyclic) bond motifs is 1. The Morgan fingerprint density at radius 1 is 1.21 bits per heavy atom. The molecular weight excluding hydrogens is 240 g/mol. The van der Waals surface area contributed by atoms with E-state index in [1.807, 2.05) is 0 Å². The Labute approximate surface area is 116 Å². The van der Waals surface area contributed by atoms with Crippen molar-refractivity contribution in [3.63, 3.8) is 0 Å². The predicted molar refractivity (Wildman–Crippen MR) is 76.3 cm³/mol. The maximum Gasteiger partial charge on any atom is 0.303 e. The molecule has 4 heteroatoms. The van der Waals surface area contributed by atoms with E-state index in [9.17, 15) is 4.79 Å². The minimum Gasteiger partial charge on any atom is -0.481 e. The number of piperidine rings is 2. The molecule has 0 aromatic rings. The van der Waals surface area contributed by atoms with E-state index in [0.29, 0.717) is 6.42 Å². The molecular formula is C15H28N2O2.